The summed E-state index contributed by atoms with van der Waals surface area (Å²) in [7, 11) is 0. The van der Waals surface area contributed by atoms with Gasteiger partial charge in [-0.1, -0.05) is 31.4 Å². The van der Waals surface area contributed by atoms with Crippen molar-refractivity contribution in [1.82, 2.24) is 9.97 Å². The fourth-order valence-corrected chi connectivity index (χ4v) is 2.23. The Labute approximate surface area is 114 Å². The van der Waals surface area contributed by atoms with E-state index >= 15 is 0 Å². The van der Waals surface area contributed by atoms with Gasteiger partial charge in [0.25, 0.3) is 0 Å². The average molecular weight is 291 g/mol. The number of halogens is 4. The van der Waals surface area contributed by atoms with Gasteiger partial charge in [-0.25, -0.2) is 4.98 Å². The Kier molecular flexibility index (Phi) is 4.04. The first-order valence-electron chi connectivity index (χ1n) is 6.17. The van der Waals surface area contributed by atoms with Gasteiger partial charge < -0.3 is 4.98 Å². The van der Waals surface area contributed by atoms with Crippen LogP contribution in [0.5, 0.6) is 0 Å². The van der Waals surface area contributed by atoms with Crippen LogP contribution >= 0.6 is 11.6 Å². The normalized spacial score (nSPS) is 12.3. The summed E-state index contributed by atoms with van der Waals surface area (Å²) in [6.07, 6.45) is -0.577. The molecule has 2 nitrogen and oxygen atoms in total. The second kappa shape index (κ2) is 5.41. The first kappa shape index (κ1) is 14.2. The molecule has 0 aliphatic heterocycles. The minimum Gasteiger partial charge on any atom is -0.342 e. The van der Waals surface area contributed by atoms with E-state index in [-0.39, 0.29) is 5.02 Å². The van der Waals surface area contributed by atoms with E-state index < -0.39 is 11.7 Å². The SMILES string of the molecule is CCCCCc1nc2cc(Cl)c(C(F)(F)F)cc2[nH]1. The van der Waals surface area contributed by atoms with Crippen LogP contribution in [0, 0.1) is 0 Å². The van der Waals surface area contributed by atoms with E-state index in [1.165, 1.54) is 6.07 Å². The van der Waals surface area contributed by atoms with Gasteiger partial charge in [0.2, 0.25) is 0 Å². The Morgan fingerprint density at radius 1 is 1.26 bits per heavy atom. The molecule has 1 heterocycles. The van der Waals surface area contributed by atoms with Crippen LogP contribution in [0.2, 0.25) is 5.02 Å². The lowest BCUT2D eigenvalue weighted by molar-refractivity contribution is -0.137. The predicted octanol–water partition coefficient (Wildman–Crippen LogP) is 4.97. The molecule has 19 heavy (non-hydrogen) atoms. The first-order chi connectivity index (χ1) is 8.91. The van der Waals surface area contributed by atoms with Gasteiger partial charge in [0.05, 0.1) is 21.6 Å². The molecule has 0 aliphatic carbocycles. The molecule has 6 heteroatoms. The molecule has 0 aliphatic rings. The standard InChI is InChI=1S/C13H14ClF3N2/c1-2-3-4-5-12-18-10-6-8(13(15,16)17)9(14)7-11(10)19-12/h6-7H,2-5H2,1H3,(H,18,19). The highest BCUT2D eigenvalue weighted by molar-refractivity contribution is 6.32. The molecule has 1 N–H and O–H groups in total. The number of benzene rings is 1. The highest BCUT2D eigenvalue weighted by atomic mass is 35.5. The fourth-order valence-electron chi connectivity index (χ4n) is 1.96. The van der Waals surface area contributed by atoms with Crippen molar-refractivity contribution < 1.29 is 13.2 Å². The summed E-state index contributed by atoms with van der Waals surface area (Å²) < 4.78 is 38.1. The summed E-state index contributed by atoms with van der Waals surface area (Å²) in [4.78, 5) is 7.19. The molecule has 0 bridgehead atoms. The number of hydrogen-bond donors (Lipinski definition) is 1. The zero-order valence-corrected chi connectivity index (χ0v) is 11.2. The van der Waals surface area contributed by atoms with Crippen molar-refractivity contribution in [2.75, 3.05) is 0 Å². The zero-order valence-electron chi connectivity index (χ0n) is 10.4. The third-order valence-corrected chi connectivity index (χ3v) is 3.25. The summed E-state index contributed by atoms with van der Waals surface area (Å²) in [6, 6.07) is 2.29. The van der Waals surface area contributed by atoms with Crippen molar-refractivity contribution in [1.29, 1.82) is 0 Å². The minimum absolute atomic E-state index is 0.313. The van der Waals surface area contributed by atoms with E-state index in [0.717, 1.165) is 31.7 Å². The highest BCUT2D eigenvalue weighted by Gasteiger charge is 2.33. The number of aromatic nitrogens is 2. The Hall–Kier alpha value is -1.23. The second-order valence-electron chi connectivity index (χ2n) is 4.49. The Balaban J connectivity index is 2.33. The molecule has 2 aromatic rings. The van der Waals surface area contributed by atoms with Gasteiger partial charge in [-0.05, 0) is 18.6 Å². The number of fused-ring (bicyclic) bond motifs is 1. The van der Waals surface area contributed by atoms with Crippen LogP contribution in [0.25, 0.3) is 11.0 Å². The Morgan fingerprint density at radius 2 is 2.00 bits per heavy atom. The average Bonchev–Trinajstić information content (AvgIpc) is 2.68. The van der Waals surface area contributed by atoms with E-state index in [9.17, 15) is 13.2 Å². The maximum atomic E-state index is 12.7. The van der Waals surface area contributed by atoms with Crippen molar-refractivity contribution in [3.63, 3.8) is 0 Å². The molecule has 1 aromatic carbocycles. The van der Waals surface area contributed by atoms with E-state index in [4.69, 9.17) is 11.6 Å². The number of aryl methyl sites for hydroxylation is 1. The number of nitrogens with one attached hydrogen (secondary N) is 1. The van der Waals surface area contributed by atoms with E-state index in [0.29, 0.717) is 16.9 Å². The number of aromatic amines is 1. The number of rotatable bonds is 4. The molecule has 0 spiro atoms. The summed E-state index contributed by atoms with van der Waals surface area (Å²) in [6.45, 7) is 2.09. The number of imidazole rings is 1. The maximum Gasteiger partial charge on any atom is 0.417 e. The molecule has 0 atom stereocenters. The third-order valence-electron chi connectivity index (χ3n) is 2.94. The molecular formula is C13H14ClF3N2. The molecule has 1 aromatic heterocycles. The highest BCUT2D eigenvalue weighted by Crippen LogP contribution is 2.36. The van der Waals surface area contributed by atoms with Crippen LogP contribution in [0.3, 0.4) is 0 Å². The van der Waals surface area contributed by atoms with Gasteiger partial charge in [0.1, 0.15) is 5.82 Å². The van der Waals surface area contributed by atoms with Crippen molar-refractivity contribution in [2.45, 2.75) is 38.8 Å². The number of hydrogen-bond acceptors (Lipinski definition) is 1. The van der Waals surface area contributed by atoms with Crippen LogP contribution in [0.15, 0.2) is 12.1 Å². The van der Waals surface area contributed by atoms with E-state index in [1.54, 1.807) is 0 Å². The van der Waals surface area contributed by atoms with Crippen LogP contribution in [-0.4, -0.2) is 9.97 Å². The van der Waals surface area contributed by atoms with Crippen LogP contribution in [0.1, 0.15) is 37.6 Å². The Morgan fingerprint density at radius 3 is 2.63 bits per heavy atom. The maximum absolute atomic E-state index is 12.7. The van der Waals surface area contributed by atoms with Gasteiger partial charge in [-0.15, -0.1) is 0 Å². The molecule has 0 saturated heterocycles. The molecular weight excluding hydrogens is 277 g/mol. The molecule has 0 fully saturated rings. The summed E-state index contributed by atoms with van der Waals surface area (Å²) >= 11 is 5.65. The van der Waals surface area contributed by atoms with E-state index in [2.05, 4.69) is 16.9 Å². The molecule has 104 valence electrons. The number of nitrogens with zero attached hydrogens (tertiary/aromatic N) is 1. The summed E-state index contributed by atoms with van der Waals surface area (Å²) in [5.41, 5.74) is 0.0261. The van der Waals surface area contributed by atoms with Gasteiger partial charge in [-0.3, -0.25) is 0 Å². The number of H-pyrrole nitrogens is 1. The van der Waals surface area contributed by atoms with Gasteiger partial charge in [0.15, 0.2) is 0 Å². The zero-order chi connectivity index (χ0) is 14.0. The number of unbranched alkanes of at least 4 members (excludes halogenated alkanes) is 2. The molecule has 0 saturated carbocycles. The summed E-state index contributed by atoms with van der Waals surface area (Å²) in [5.74, 6) is 0.707. The van der Waals surface area contributed by atoms with E-state index in [1.807, 2.05) is 0 Å². The molecule has 0 amide bonds. The fraction of sp³-hybridized carbons (Fsp3) is 0.462. The third kappa shape index (κ3) is 3.21. The van der Waals surface area contributed by atoms with Crippen molar-refractivity contribution >= 4 is 22.6 Å². The second-order valence-corrected chi connectivity index (χ2v) is 4.89. The number of alkyl halides is 3. The Bertz CT molecular complexity index is 575. The largest absolute Gasteiger partial charge is 0.417 e. The lowest BCUT2D eigenvalue weighted by atomic mass is 10.2. The molecule has 2 rings (SSSR count). The first-order valence-corrected chi connectivity index (χ1v) is 6.55. The monoisotopic (exact) mass is 290 g/mol. The smallest absolute Gasteiger partial charge is 0.342 e. The van der Waals surface area contributed by atoms with Crippen molar-refractivity contribution in [3.05, 3.63) is 28.5 Å². The minimum atomic E-state index is -4.45. The van der Waals surface area contributed by atoms with Gasteiger partial charge in [-0.2, -0.15) is 13.2 Å². The lowest BCUT2D eigenvalue weighted by Gasteiger charge is -2.07. The van der Waals surface area contributed by atoms with Crippen LogP contribution < -0.4 is 0 Å². The predicted molar refractivity (Wildman–Crippen MR) is 69.3 cm³/mol. The summed E-state index contributed by atoms with van der Waals surface area (Å²) in [5, 5.41) is -0.313. The van der Waals surface area contributed by atoms with Crippen LogP contribution in [0.4, 0.5) is 13.2 Å². The quantitative estimate of drug-likeness (QED) is 0.791. The van der Waals surface area contributed by atoms with Gasteiger partial charge in [0, 0.05) is 6.42 Å². The molecule has 0 radical (unpaired) electrons. The van der Waals surface area contributed by atoms with Crippen molar-refractivity contribution in [3.8, 4) is 0 Å². The topological polar surface area (TPSA) is 28.7 Å². The van der Waals surface area contributed by atoms with Crippen molar-refractivity contribution in [2.24, 2.45) is 0 Å². The lowest BCUT2D eigenvalue weighted by Crippen LogP contribution is -2.05. The van der Waals surface area contributed by atoms with Crippen LogP contribution in [-0.2, 0) is 12.6 Å². The molecule has 0 unspecified atom stereocenters. The van der Waals surface area contributed by atoms with Gasteiger partial charge >= 0.3 is 6.18 Å².